The van der Waals surface area contributed by atoms with E-state index in [0.29, 0.717) is 6.54 Å². The molecule has 2 nitrogen and oxygen atoms in total. The molecule has 0 bridgehead atoms. The third kappa shape index (κ3) is 2.27. The van der Waals surface area contributed by atoms with Gasteiger partial charge in [-0.2, -0.15) is 0 Å². The highest BCUT2D eigenvalue weighted by Gasteiger charge is 2.27. The maximum atomic E-state index is 14.0. The molecule has 2 aromatic carbocycles. The summed E-state index contributed by atoms with van der Waals surface area (Å²) in [5.74, 6) is -3.05. The molecule has 2 aromatic rings. The molecule has 1 unspecified atom stereocenters. The number of halogens is 3. The third-order valence-corrected chi connectivity index (χ3v) is 3.80. The largest absolute Gasteiger partial charge is 0.496 e. The molecule has 0 saturated carbocycles. The first-order valence-electron chi connectivity index (χ1n) is 6.66. The second-order valence-electron chi connectivity index (χ2n) is 4.93. The Labute approximate surface area is 120 Å². The zero-order chi connectivity index (χ0) is 15.0. The Bertz CT molecular complexity index is 687. The summed E-state index contributed by atoms with van der Waals surface area (Å²) in [6, 6.07) is 7.19. The standard InChI is InChI=1S/C16H14F3NO/c1-21-13-4-2-3-10-9(13)7-8-20-16(10)11-5-6-12(17)15(19)14(11)18/h2-6,16,20H,7-8H2,1H3. The SMILES string of the molecule is COc1cccc2c1CCNC2c1ccc(F)c(F)c1F. The average molecular weight is 293 g/mol. The van der Waals surface area contributed by atoms with E-state index in [1.54, 1.807) is 13.2 Å². The number of ether oxygens (including phenoxy) is 1. The van der Waals surface area contributed by atoms with Crippen molar-refractivity contribution in [1.82, 2.24) is 5.32 Å². The van der Waals surface area contributed by atoms with Crippen LogP contribution in [0, 0.1) is 17.5 Å². The van der Waals surface area contributed by atoms with Crippen molar-refractivity contribution in [3.05, 3.63) is 64.5 Å². The molecule has 1 aliphatic rings. The van der Waals surface area contributed by atoms with Gasteiger partial charge >= 0.3 is 0 Å². The van der Waals surface area contributed by atoms with Crippen molar-refractivity contribution in [2.24, 2.45) is 0 Å². The summed E-state index contributed by atoms with van der Waals surface area (Å²) in [5, 5.41) is 3.15. The zero-order valence-electron chi connectivity index (χ0n) is 11.4. The van der Waals surface area contributed by atoms with E-state index in [0.717, 1.165) is 29.4 Å². The minimum absolute atomic E-state index is 0.100. The maximum Gasteiger partial charge on any atom is 0.194 e. The molecule has 1 heterocycles. The molecule has 1 atom stereocenters. The number of fused-ring (bicyclic) bond motifs is 1. The molecule has 0 aromatic heterocycles. The lowest BCUT2D eigenvalue weighted by molar-refractivity contribution is 0.401. The molecule has 0 saturated heterocycles. The number of hydrogen-bond acceptors (Lipinski definition) is 2. The summed E-state index contributed by atoms with van der Waals surface area (Å²) in [4.78, 5) is 0. The summed E-state index contributed by atoms with van der Waals surface area (Å²) >= 11 is 0. The monoisotopic (exact) mass is 293 g/mol. The van der Waals surface area contributed by atoms with E-state index in [1.165, 1.54) is 6.07 Å². The Morgan fingerprint density at radius 3 is 2.62 bits per heavy atom. The Balaban J connectivity index is 2.13. The molecule has 1 aliphatic heterocycles. The van der Waals surface area contributed by atoms with Gasteiger partial charge in [-0.25, -0.2) is 13.2 Å². The van der Waals surface area contributed by atoms with Crippen LogP contribution in [0.3, 0.4) is 0 Å². The maximum absolute atomic E-state index is 14.0. The van der Waals surface area contributed by atoms with Crippen LogP contribution in [0.2, 0.25) is 0 Å². The van der Waals surface area contributed by atoms with Gasteiger partial charge < -0.3 is 10.1 Å². The fourth-order valence-electron chi connectivity index (χ4n) is 2.80. The van der Waals surface area contributed by atoms with Crippen LogP contribution in [0.4, 0.5) is 13.2 Å². The van der Waals surface area contributed by atoms with Gasteiger partial charge in [0.25, 0.3) is 0 Å². The lowest BCUT2D eigenvalue weighted by Crippen LogP contribution is -2.31. The van der Waals surface area contributed by atoms with E-state index in [4.69, 9.17) is 4.74 Å². The van der Waals surface area contributed by atoms with Crippen molar-refractivity contribution in [3.63, 3.8) is 0 Å². The number of benzene rings is 2. The lowest BCUT2D eigenvalue weighted by Gasteiger charge is -2.28. The summed E-state index contributed by atoms with van der Waals surface area (Å²) in [6.45, 7) is 0.608. The average Bonchev–Trinajstić information content (AvgIpc) is 2.52. The van der Waals surface area contributed by atoms with E-state index in [9.17, 15) is 13.2 Å². The van der Waals surface area contributed by atoms with E-state index in [-0.39, 0.29) is 5.56 Å². The molecule has 0 amide bonds. The molecule has 0 fully saturated rings. The predicted molar refractivity (Wildman–Crippen MR) is 72.9 cm³/mol. The van der Waals surface area contributed by atoms with Gasteiger partial charge in [-0.3, -0.25) is 0 Å². The zero-order valence-corrected chi connectivity index (χ0v) is 11.4. The molecule has 0 radical (unpaired) electrons. The number of methoxy groups -OCH3 is 1. The number of nitrogens with one attached hydrogen (secondary N) is 1. The van der Waals surface area contributed by atoms with Crippen LogP contribution in [0.5, 0.6) is 5.75 Å². The second-order valence-corrected chi connectivity index (χ2v) is 4.93. The molecular formula is C16H14F3NO. The first-order valence-corrected chi connectivity index (χ1v) is 6.66. The first-order chi connectivity index (χ1) is 10.1. The van der Waals surface area contributed by atoms with Gasteiger partial charge in [-0.15, -0.1) is 0 Å². The molecule has 110 valence electrons. The van der Waals surface area contributed by atoms with Crippen LogP contribution in [-0.4, -0.2) is 13.7 Å². The fraction of sp³-hybridized carbons (Fsp3) is 0.250. The van der Waals surface area contributed by atoms with Gasteiger partial charge in [0, 0.05) is 17.7 Å². The summed E-state index contributed by atoms with van der Waals surface area (Å²) < 4.78 is 45.9. The number of hydrogen-bond donors (Lipinski definition) is 1. The highest BCUT2D eigenvalue weighted by molar-refractivity contribution is 5.47. The molecule has 1 N–H and O–H groups in total. The first kappa shape index (κ1) is 13.9. The Morgan fingerprint density at radius 1 is 1.05 bits per heavy atom. The second kappa shape index (κ2) is 5.41. The molecule has 3 rings (SSSR count). The molecule has 21 heavy (non-hydrogen) atoms. The van der Waals surface area contributed by atoms with E-state index in [1.807, 2.05) is 12.1 Å². The van der Waals surface area contributed by atoms with Crippen molar-refractivity contribution in [2.45, 2.75) is 12.5 Å². The molecular weight excluding hydrogens is 279 g/mol. The predicted octanol–water partition coefficient (Wildman–Crippen LogP) is 3.35. The Hall–Kier alpha value is -2.01. The van der Waals surface area contributed by atoms with Crippen molar-refractivity contribution in [1.29, 1.82) is 0 Å². The van der Waals surface area contributed by atoms with Gasteiger partial charge in [0.1, 0.15) is 5.75 Å². The van der Waals surface area contributed by atoms with Gasteiger partial charge in [0.15, 0.2) is 17.5 Å². The van der Waals surface area contributed by atoms with E-state index in [2.05, 4.69) is 5.32 Å². The molecule has 0 aliphatic carbocycles. The van der Waals surface area contributed by atoms with Crippen LogP contribution in [-0.2, 0) is 6.42 Å². The van der Waals surface area contributed by atoms with Crippen molar-refractivity contribution in [3.8, 4) is 5.75 Å². The quantitative estimate of drug-likeness (QED) is 0.857. The topological polar surface area (TPSA) is 21.3 Å². The van der Waals surface area contributed by atoms with Gasteiger partial charge in [0.2, 0.25) is 0 Å². The molecule has 5 heteroatoms. The highest BCUT2D eigenvalue weighted by Crippen LogP contribution is 2.35. The van der Waals surface area contributed by atoms with Crippen molar-refractivity contribution < 1.29 is 17.9 Å². The van der Waals surface area contributed by atoms with Crippen LogP contribution in [0.15, 0.2) is 30.3 Å². The van der Waals surface area contributed by atoms with Crippen molar-refractivity contribution in [2.75, 3.05) is 13.7 Å². The van der Waals surface area contributed by atoms with Crippen LogP contribution < -0.4 is 10.1 Å². The van der Waals surface area contributed by atoms with Crippen LogP contribution in [0.1, 0.15) is 22.7 Å². The van der Waals surface area contributed by atoms with Gasteiger partial charge in [0.05, 0.1) is 13.2 Å². The smallest absolute Gasteiger partial charge is 0.194 e. The molecule has 0 spiro atoms. The van der Waals surface area contributed by atoms with E-state index < -0.39 is 23.5 Å². The summed E-state index contributed by atoms with van der Waals surface area (Å²) in [5.41, 5.74) is 1.89. The highest BCUT2D eigenvalue weighted by atomic mass is 19.2. The van der Waals surface area contributed by atoms with Crippen LogP contribution >= 0.6 is 0 Å². The third-order valence-electron chi connectivity index (χ3n) is 3.80. The van der Waals surface area contributed by atoms with E-state index >= 15 is 0 Å². The van der Waals surface area contributed by atoms with Gasteiger partial charge in [-0.1, -0.05) is 18.2 Å². The Morgan fingerprint density at radius 2 is 1.86 bits per heavy atom. The normalized spacial score (nSPS) is 17.4. The lowest BCUT2D eigenvalue weighted by atomic mass is 9.89. The number of rotatable bonds is 2. The van der Waals surface area contributed by atoms with Crippen molar-refractivity contribution >= 4 is 0 Å². The Kier molecular flexibility index (Phi) is 3.59. The summed E-state index contributed by atoms with van der Waals surface area (Å²) in [7, 11) is 1.57. The van der Waals surface area contributed by atoms with Gasteiger partial charge in [-0.05, 0) is 24.1 Å². The minimum Gasteiger partial charge on any atom is -0.496 e. The minimum atomic E-state index is -1.44. The summed E-state index contributed by atoms with van der Waals surface area (Å²) in [6.07, 6.45) is 0.737. The van der Waals surface area contributed by atoms with Crippen LogP contribution in [0.25, 0.3) is 0 Å². The fourth-order valence-corrected chi connectivity index (χ4v) is 2.80.